The molecule has 0 saturated heterocycles. The van der Waals surface area contributed by atoms with Crippen LogP contribution in [0.5, 0.6) is 0 Å². The highest BCUT2D eigenvalue weighted by molar-refractivity contribution is 5.69. The molecule has 0 spiro atoms. The Bertz CT molecular complexity index is 451. The first-order chi connectivity index (χ1) is 8.69. The molecule has 1 atom stereocenters. The molecule has 0 aliphatic heterocycles. The van der Waals surface area contributed by atoms with E-state index in [2.05, 4.69) is 4.98 Å². The highest BCUT2D eigenvalue weighted by atomic mass is 19.4. The van der Waals surface area contributed by atoms with Crippen molar-refractivity contribution < 1.29 is 27.5 Å². The van der Waals surface area contributed by atoms with Gasteiger partial charge in [0.2, 0.25) is 0 Å². The van der Waals surface area contributed by atoms with Gasteiger partial charge >= 0.3 is 12.1 Å². The van der Waals surface area contributed by atoms with Gasteiger partial charge in [0.05, 0.1) is 19.3 Å². The van der Waals surface area contributed by atoms with Gasteiger partial charge in [0.1, 0.15) is 5.82 Å². The zero-order chi connectivity index (χ0) is 14.6. The number of alkyl halides is 3. The van der Waals surface area contributed by atoms with Crippen molar-refractivity contribution in [2.24, 2.45) is 0 Å². The largest absolute Gasteiger partial charge is 0.480 e. The molecule has 19 heavy (non-hydrogen) atoms. The van der Waals surface area contributed by atoms with Crippen LogP contribution in [0.2, 0.25) is 0 Å². The first-order valence-corrected chi connectivity index (χ1v) is 5.32. The molecule has 1 unspecified atom stereocenters. The summed E-state index contributed by atoms with van der Waals surface area (Å²) in [6, 6.07) is 0.115. The van der Waals surface area contributed by atoms with Gasteiger partial charge < -0.3 is 5.11 Å². The number of pyridine rings is 1. The molecular weight excluding hydrogens is 268 g/mol. The van der Waals surface area contributed by atoms with E-state index in [0.29, 0.717) is 4.90 Å². The van der Waals surface area contributed by atoms with E-state index in [1.165, 1.54) is 13.1 Å². The summed E-state index contributed by atoms with van der Waals surface area (Å²) in [7, 11) is 0. The fourth-order valence-electron chi connectivity index (χ4n) is 1.60. The molecule has 0 aliphatic carbocycles. The van der Waals surface area contributed by atoms with Crippen LogP contribution in [-0.4, -0.2) is 40.2 Å². The molecule has 8 heteroatoms. The van der Waals surface area contributed by atoms with Gasteiger partial charge in [0.15, 0.2) is 0 Å². The van der Waals surface area contributed by atoms with E-state index in [9.17, 15) is 22.4 Å². The van der Waals surface area contributed by atoms with Crippen LogP contribution in [0.25, 0.3) is 0 Å². The quantitative estimate of drug-likeness (QED) is 0.840. The Morgan fingerprint density at radius 1 is 1.47 bits per heavy atom. The maximum atomic E-state index is 13.0. The van der Waals surface area contributed by atoms with Crippen molar-refractivity contribution in [2.75, 3.05) is 13.1 Å². The number of carboxylic acids is 1. The molecule has 0 aliphatic rings. The third-order valence-corrected chi connectivity index (χ3v) is 2.48. The maximum absolute atomic E-state index is 13.0. The fourth-order valence-corrected chi connectivity index (χ4v) is 1.60. The Morgan fingerprint density at radius 3 is 2.58 bits per heavy atom. The average Bonchev–Trinajstić information content (AvgIpc) is 2.24. The van der Waals surface area contributed by atoms with Crippen LogP contribution >= 0.6 is 0 Å². The molecule has 0 radical (unpaired) electrons. The third-order valence-electron chi connectivity index (χ3n) is 2.48. The maximum Gasteiger partial charge on any atom is 0.401 e. The highest BCUT2D eigenvalue weighted by Crippen LogP contribution is 2.25. The van der Waals surface area contributed by atoms with Gasteiger partial charge in [-0.25, -0.2) is 4.39 Å². The molecule has 0 bridgehead atoms. The molecule has 4 nitrogen and oxygen atoms in total. The van der Waals surface area contributed by atoms with Crippen molar-refractivity contribution in [1.29, 1.82) is 0 Å². The molecule has 0 amide bonds. The average molecular weight is 280 g/mol. The molecular formula is C11H12F4N2O2. The van der Waals surface area contributed by atoms with E-state index in [0.717, 1.165) is 12.3 Å². The Morgan fingerprint density at radius 2 is 2.11 bits per heavy atom. The molecule has 0 fully saturated rings. The standard InChI is InChI=1S/C11H12F4N2O2/c1-7(8-2-9(12)4-16-3-8)17(5-10(18)19)6-11(13,14)15/h2-4,7H,5-6H2,1H3,(H,18,19). The van der Waals surface area contributed by atoms with E-state index < -0.39 is 37.1 Å². The minimum atomic E-state index is -4.54. The predicted octanol–water partition coefficient (Wildman–Crippen LogP) is 2.23. The first-order valence-electron chi connectivity index (χ1n) is 5.32. The van der Waals surface area contributed by atoms with Crippen molar-refractivity contribution in [3.05, 3.63) is 29.8 Å². The normalized spacial score (nSPS) is 13.6. The van der Waals surface area contributed by atoms with Crippen molar-refractivity contribution in [2.45, 2.75) is 19.1 Å². The molecule has 1 heterocycles. The Kier molecular flexibility index (Phi) is 4.82. The second-order valence-electron chi connectivity index (χ2n) is 4.03. The minimum Gasteiger partial charge on any atom is -0.480 e. The lowest BCUT2D eigenvalue weighted by molar-refractivity contribution is -0.157. The van der Waals surface area contributed by atoms with Crippen LogP contribution in [0, 0.1) is 5.82 Å². The van der Waals surface area contributed by atoms with Gasteiger partial charge in [-0.3, -0.25) is 14.7 Å². The molecule has 0 aromatic carbocycles. The van der Waals surface area contributed by atoms with Crippen molar-refractivity contribution in [1.82, 2.24) is 9.88 Å². The van der Waals surface area contributed by atoms with E-state index in [1.807, 2.05) is 0 Å². The Hall–Kier alpha value is -1.70. The van der Waals surface area contributed by atoms with Gasteiger partial charge in [0, 0.05) is 12.2 Å². The van der Waals surface area contributed by atoms with Crippen molar-refractivity contribution >= 4 is 5.97 Å². The number of carboxylic acid groups (broad SMARTS) is 1. The van der Waals surface area contributed by atoms with Crippen molar-refractivity contribution in [3.8, 4) is 0 Å². The number of aromatic nitrogens is 1. The fraction of sp³-hybridized carbons (Fsp3) is 0.455. The molecule has 1 N–H and O–H groups in total. The summed E-state index contributed by atoms with van der Waals surface area (Å²) in [5.74, 6) is -2.08. The predicted molar refractivity (Wildman–Crippen MR) is 57.9 cm³/mol. The summed E-state index contributed by atoms with van der Waals surface area (Å²) in [6.07, 6.45) is -2.41. The molecule has 1 aromatic heterocycles. The van der Waals surface area contributed by atoms with Gasteiger partial charge in [-0.15, -0.1) is 0 Å². The SMILES string of the molecule is CC(c1cncc(F)c1)N(CC(=O)O)CC(F)(F)F. The number of hydrogen-bond donors (Lipinski definition) is 1. The third kappa shape index (κ3) is 5.21. The zero-order valence-corrected chi connectivity index (χ0v) is 9.99. The van der Waals surface area contributed by atoms with E-state index in [-0.39, 0.29) is 5.56 Å². The summed E-state index contributed by atoms with van der Waals surface area (Å²) in [4.78, 5) is 14.8. The Labute approximate surface area is 106 Å². The number of rotatable bonds is 5. The van der Waals surface area contributed by atoms with Crippen LogP contribution in [0.15, 0.2) is 18.5 Å². The van der Waals surface area contributed by atoms with Crippen LogP contribution in [0.1, 0.15) is 18.5 Å². The number of carbonyl (C=O) groups is 1. The molecule has 1 rings (SSSR count). The summed E-state index contributed by atoms with van der Waals surface area (Å²) in [5.41, 5.74) is 0.186. The summed E-state index contributed by atoms with van der Waals surface area (Å²) in [6.45, 7) is -0.820. The number of aliphatic carboxylic acids is 1. The second kappa shape index (κ2) is 5.96. The van der Waals surface area contributed by atoms with Gasteiger partial charge in [0.25, 0.3) is 0 Å². The zero-order valence-electron chi connectivity index (χ0n) is 9.99. The Balaban J connectivity index is 2.93. The minimum absolute atomic E-state index is 0.186. The van der Waals surface area contributed by atoms with E-state index in [4.69, 9.17) is 5.11 Å². The van der Waals surface area contributed by atoms with E-state index in [1.54, 1.807) is 0 Å². The smallest absolute Gasteiger partial charge is 0.401 e. The lowest BCUT2D eigenvalue weighted by Crippen LogP contribution is -2.39. The van der Waals surface area contributed by atoms with Crippen LogP contribution < -0.4 is 0 Å². The number of halogens is 4. The number of nitrogens with zero attached hydrogens (tertiary/aromatic N) is 2. The lowest BCUT2D eigenvalue weighted by Gasteiger charge is -2.28. The molecule has 106 valence electrons. The van der Waals surface area contributed by atoms with Crippen LogP contribution in [0.3, 0.4) is 0 Å². The monoisotopic (exact) mass is 280 g/mol. The second-order valence-corrected chi connectivity index (χ2v) is 4.03. The molecule has 1 aromatic rings. The van der Waals surface area contributed by atoms with E-state index >= 15 is 0 Å². The summed E-state index contributed by atoms with van der Waals surface area (Å²) in [5, 5.41) is 8.63. The highest BCUT2D eigenvalue weighted by Gasteiger charge is 2.34. The van der Waals surface area contributed by atoms with Gasteiger partial charge in [-0.05, 0) is 18.6 Å². The van der Waals surface area contributed by atoms with Gasteiger partial charge in [-0.1, -0.05) is 0 Å². The van der Waals surface area contributed by atoms with Crippen LogP contribution in [-0.2, 0) is 4.79 Å². The van der Waals surface area contributed by atoms with Crippen LogP contribution in [0.4, 0.5) is 17.6 Å². The lowest BCUT2D eigenvalue weighted by atomic mass is 10.1. The number of hydrogen-bond acceptors (Lipinski definition) is 3. The summed E-state index contributed by atoms with van der Waals surface area (Å²) >= 11 is 0. The topological polar surface area (TPSA) is 53.4 Å². The first kappa shape index (κ1) is 15.4. The molecule has 0 saturated carbocycles. The summed E-state index contributed by atoms with van der Waals surface area (Å²) < 4.78 is 50.1. The van der Waals surface area contributed by atoms with Crippen molar-refractivity contribution in [3.63, 3.8) is 0 Å². The van der Waals surface area contributed by atoms with Gasteiger partial charge in [-0.2, -0.15) is 13.2 Å².